The largest absolute Gasteiger partial charge is 0.467 e. The van der Waals surface area contributed by atoms with Gasteiger partial charge in [0.05, 0.1) is 7.11 Å². The van der Waals surface area contributed by atoms with Gasteiger partial charge in [-0.05, 0) is 24.4 Å². The van der Waals surface area contributed by atoms with Gasteiger partial charge in [-0.15, -0.1) is 0 Å². The van der Waals surface area contributed by atoms with Crippen molar-refractivity contribution < 1.29 is 4.74 Å². The molecule has 6 nitrogen and oxygen atoms in total. The van der Waals surface area contributed by atoms with Crippen LogP contribution in [0.5, 0.6) is 6.01 Å². The number of halogens is 1. The fraction of sp³-hybridized carbons (Fsp3) is 0.727. The molecule has 1 saturated carbocycles. The van der Waals surface area contributed by atoms with Gasteiger partial charge in [0.1, 0.15) is 0 Å². The molecule has 0 aromatic carbocycles. The first-order valence-electron chi connectivity index (χ1n) is 6.21. The highest BCUT2D eigenvalue weighted by atomic mass is 35.5. The maximum absolute atomic E-state index is 5.86. The van der Waals surface area contributed by atoms with Crippen LogP contribution in [0.1, 0.15) is 12.8 Å². The number of anilines is 1. The Morgan fingerprint density at radius 1 is 1.11 bits per heavy atom. The molecule has 1 aromatic rings. The van der Waals surface area contributed by atoms with Crippen molar-refractivity contribution in [1.82, 2.24) is 19.9 Å². The van der Waals surface area contributed by atoms with Gasteiger partial charge in [0.15, 0.2) is 0 Å². The minimum atomic E-state index is 0.182. The highest BCUT2D eigenvalue weighted by Crippen LogP contribution is 2.28. The smallest absolute Gasteiger partial charge is 0.322 e. The monoisotopic (exact) mass is 269 g/mol. The molecule has 0 atom stereocenters. The summed E-state index contributed by atoms with van der Waals surface area (Å²) in [6.07, 6.45) is 2.71. The Balaban J connectivity index is 1.69. The lowest BCUT2D eigenvalue weighted by Gasteiger charge is -2.34. The molecule has 1 aliphatic carbocycles. The van der Waals surface area contributed by atoms with E-state index < -0.39 is 0 Å². The fourth-order valence-electron chi connectivity index (χ4n) is 2.28. The molecule has 7 heteroatoms. The summed E-state index contributed by atoms with van der Waals surface area (Å²) in [6, 6.07) is 1.10. The molecule has 2 fully saturated rings. The van der Waals surface area contributed by atoms with Crippen LogP contribution in [0.25, 0.3) is 0 Å². The lowest BCUT2D eigenvalue weighted by molar-refractivity contribution is 0.246. The quantitative estimate of drug-likeness (QED) is 0.810. The molecule has 1 aromatic heterocycles. The fourth-order valence-corrected chi connectivity index (χ4v) is 2.43. The van der Waals surface area contributed by atoms with Crippen LogP contribution in [0.3, 0.4) is 0 Å². The molecular weight excluding hydrogens is 254 g/mol. The molecule has 98 valence electrons. The zero-order valence-electron chi connectivity index (χ0n) is 10.3. The van der Waals surface area contributed by atoms with Crippen molar-refractivity contribution >= 4 is 17.5 Å². The number of hydrogen-bond donors (Lipinski definition) is 0. The van der Waals surface area contributed by atoms with Gasteiger partial charge in [-0.2, -0.15) is 15.0 Å². The van der Waals surface area contributed by atoms with Gasteiger partial charge in [-0.25, -0.2) is 0 Å². The van der Waals surface area contributed by atoms with Gasteiger partial charge in [0.25, 0.3) is 0 Å². The first-order valence-corrected chi connectivity index (χ1v) is 6.58. The van der Waals surface area contributed by atoms with E-state index in [1.807, 2.05) is 0 Å². The van der Waals surface area contributed by atoms with Gasteiger partial charge >= 0.3 is 6.01 Å². The minimum Gasteiger partial charge on any atom is -0.467 e. The Hall–Kier alpha value is -1.14. The summed E-state index contributed by atoms with van der Waals surface area (Å²) in [5.74, 6) is 0.613. The predicted octanol–water partition coefficient (Wildman–Crippen LogP) is 0.818. The Morgan fingerprint density at radius 3 is 2.44 bits per heavy atom. The Labute approximate surface area is 111 Å². The Morgan fingerprint density at radius 2 is 1.83 bits per heavy atom. The maximum atomic E-state index is 5.86. The van der Waals surface area contributed by atoms with E-state index in [1.54, 1.807) is 0 Å². The third kappa shape index (κ3) is 2.49. The molecule has 2 heterocycles. The van der Waals surface area contributed by atoms with Crippen molar-refractivity contribution in [2.75, 3.05) is 38.2 Å². The Kier molecular flexibility index (Phi) is 3.22. The van der Waals surface area contributed by atoms with E-state index in [-0.39, 0.29) is 11.3 Å². The summed E-state index contributed by atoms with van der Waals surface area (Å²) >= 11 is 5.86. The molecule has 0 amide bonds. The van der Waals surface area contributed by atoms with E-state index >= 15 is 0 Å². The van der Waals surface area contributed by atoms with Gasteiger partial charge in [-0.3, -0.25) is 4.90 Å². The number of aromatic nitrogens is 3. The molecule has 18 heavy (non-hydrogen) atoms. The zero-order valence-corrected chi connectivity index (χ0v) is 11.1. The van der Waals surface area contributed by atoms with Crippen LogP contribution < -0.4 is 9.64 Å². The zero-order chi connectivity index (χ0) is 12.5. The summed E-state index contributed by atoms with van der Waals surface area (Å²) in [5.41, 5.74) is 0. The van der Waals surface area contributed by atoms with E-state index in [0.29, 0.717) is 5.95 Å². The van der Waals surface area contributed by atoms with Crippen molar-refractivity contribution in [3.8, 4) is 6.01 Å². The lowest BCUT2D eigenvalue weighted by Crippen LogP contribution is -2.47. The summed E-state index contributed by atoms with van der Waals surface area (Å²) in [6.45, 7) is 3.99. The van der Waals surface area contributed by atoms with Crippen molar-refractivity contribution in [3.05, 3.63) is 5.28 Å². The molecule has 0 unspecified atom stereocenters. The second kappa shape index (κ2) is 4.85. The highest BCUT2D eigenvalue weighted by molar-refractivity contribution is 6.28. The van der Waals surface area contributed by atoms with Gasteiger partial charge < -0.3 is 9.64 Å². The number of methoxy groups -OCH3 is 1. The molecule has 3 rings (SSSR count). The van der Waals surface area contributed by atoms with E-state index in [4.69, 9.17) is 16.3 Å². The SMILES string of the molecule is COc1nc(Cl)nc(N2CCN(C3CC3)CC2)n1. The second-order valence-corrected chi connectivity index (χ2v) is 4.98. The van der Waals surface area contributed by atoms with Gasteiger partial charge in [-0.1, -0.05) is 0 Å². The second-order valence-electron chi connectivity index (χ2n) is 4.65. The van der Waals surface area contributed by atoms with Crippen molar-refractivity contribution in [2.24, 2.45) is 0 Å². The van der Waals surface area contributed by atoms with E-state index in [2.05, 4.69) is 24.8 Å². The van der Waals surface area contributed by atoms with E-state index in [1.165, 1.54) is 20.0 Å². The van der Waals surface area contributed by atoms with Crippen LogP contribution in [0.2, 0.25) is 5.28 Å². The topological polar surface area (TPSA) is 54.4 Å². The molecule has 2 aliphatic rings. The summed E-state index contributed by atoms with van der Waals surface area (Å²) in [7, 11) is 1.53. The molecule has 0 spiro atoms. The van der Waals surface area contributed by atoms with Crippen molar-refractivity contribution in [3.63, 3.8) is 0 Å². The van der Waals surface area contributed by atoms with Crippen molar-refractivity contribution in [2.45, 2.75) is 18.9 Å². The molecule has 1 aliphatic heterocycles. The van der Waals surface area contributed by atoms with Gasteiger partial charge in [0.2, 0.25) is 11.2 Å². The van der Waals surface area contributed by atoms with Crippen molar-refractivity contribution in [1.29, 1.82) is 0 Å². The first kappa shape index (κ1) is 11.9. The van der Waals surface area contributed by atoms with Crippen LogP contribution in [0.4, 0.5) is 5.95 Å². The predicted molar refractivity (Wildman–Crippen MR) is 68.2 cm³/mol. The number of rotatable bonds is 3. The highest BCUT2D eigenvalue weighted by Gasteiger charge is 2.31. The standard InChI is InChI=1S/C11H16ClN5O/c1-18-11-14-9(12)13-10(15-11)17-6-4-16(5-7-17)8-2-3-8/h8H,2-7H2,1H3. The number of ether oxygens (including phenoxy) is 1. The summed E-state index contributed by atoms with van der Waals surface area (Å²) in [4.78, 5) is 17.0. The normalized spacial score (nSPS) is 21.1. The lowest BCUT2D eigenvalue weighted by atomic mass is 10.3. The Bertz CT molecular complexity index is 431. The molecule has 0 radical (unpaired) electrons. The third-order valence-corrected chi connectivity index (χ3v) is 3.59. The number of hydrogen-bond acceptors (Lipinski definition) is 6. The first-order chi connectivity index (χ1) is 8.76. The van der Waals surface area contributed by atoms with Crippen LogP contribution in [0, 0.1) is 0 Å². The average Bonchev–Trinajstić information content (AvgIpc) is 3.22. The van der Waals surface area contributed by atoms with E-state index in [0.717, 1.165) is 32.2 Å². The third-order valence-electron chi connectivity index (χ3n) is 3.42. The molecular formula is C11H16ClN5O. The summed E-state index contributed by atoms with van der Waals surface area (Å²) in [5, 5.41) is 0.182. The van der Waals surface area contributed by atoms with Gasteiger partial charge in [0, 0.05) is 32.2 Å². The van der Waals surface area contributed by atoms with Crippen LogP contribution >= 0.6 is 11.6 Å². The van der Waals surface area contributed by atoms with Crippen LogP contribution in [-0.4, -0.2) is 59.2 Å². The van der Waals surface area contributed by atoms with E-state index in [9.17, 15) is 0 Å². The van der Waals surface area contributed by atoms with Crippen LogP contribution in [-0.2, 0) is 0 Å². The number of nitrogens with zero attached hydrogens (tertiary/aromatic N) is 5. The average molecular weight is 270 g/mol. The maximum Gasteiger partial charge on any atom is 0.322 e. The minimum absolute atomic E-state index is 0.182. The molecule has 0 N–H and O–H groups in total. The molecule has 0 bridgehead atoms. The number of piperazine rings is 1. The summed E-state index contributed by atoms with van der Waals surface area (Å²) < 4.78 is 5.01. The van der Waals surface area contributed by atoms with Crippen LogP contribution in [0.15, 0.2) is 0 Å². The molecule has 1 saturated heterocycles.